The van der Waals surface area contributed by atoms with Crippen LogP contribution in [-0.4, -0.2) is 40.1 Å². The van der Waals surface area contributed by atoms with Gasteiger partial charge in [0.1, 0.15) is 18.4 Å². The van der Waals surface area contributed by atoms with E-state index in [9.17, 15) is 14.7 Å². The van der Waals surface area contributed by atoms with Gasteiger partial charge in [-0.15, -0.1) is 0 Å². The van der Waals surface area contributed by atoms with Crippen LogP contribution < -0.4 is 5.32 Å². The number of pyridine rings is 1. The number of hydrogen-bond acceptors (Lipinski definition) is 5. The quantitative estimate of drug-likeness (QED) is 0.585. The minimum absolute atomic E-state index is 0.0777. The minimum atomic E-state index is -0.816. The van der Waals surface area contributed by atoms with E-state index in [-0.39, 0.29) is 24.7 Å². The smallest absolute Gasteiger partial charge is 0.408 e. The predicted molar refractivity (Wildman–Crippen MR) is 116 cm³/mol. The van der Waals surface area contributed by atoms with Crippen molar-refractivity contribution in [1.29, 1.82) is 0 Å². The Hall–Kier alpha value is -3.87. The van der Waals surface area contributed by atoms with Crippen molar-refractivity contribution in [3.63, 3.8) is 0 Å². The van der Waals surface area contributed by atoms with E-state index in [4.69, 9.17) is 4.74 Å². The van der Waals surface area contributed by atoms with Crippen molar-refractivity contribution < 1.29 is 19.4 Å². The first-order valence-electron chi connectivity index (χ1n) is 9.90. The molecule has 3 aromatic rings. The second-order valence-corrected chi connectivity index (χ2v) is 7.18. The van der Waals surface area contributed by atoms with Gasteiger partial charge in [0.2, 0.25) is 5.91 Å². The molecule has 1 atom stereocenters. The van der Waals surface area contributed by atoms with Gasteiger partial charge in [0, 0.05) is 32.4 Å². The van der Waals surface area contributed by atoms with E-state index >= 15 is 0 Å². The van der Waals surface area contributed by atoms with Crippen LogP contribution in [0, 0.1) is 0 Å². The molecule has 0 bridgehead atoms. The number of likely N-dealkylation sites (N-methyl/N-ethyl adjacent to an activating group) is 1. The molecule has 0 saturated carbocycles. The van der Waals surface area contributed by atoms with E-state index in [1.807, 2.05) is 30.3 Å². The molecule has 0 aliphatic carbocycles. The van der Waals surface area contributed by atoms with Crippen molar-refractivity contribution in [2.45, 2.75) is 25.6 Å². The number of benzene rings is 2. The summed E-state index contributed by atoms with van der Waals surface area (Å²) in [6.45, 7) is 0.494. The zero-order chi connectivity index (χ0) is 22.1. The van der Waals surface area contributed by atoms with Crippen LogP contribution in [0.5, 0.6) is 5.75 Å². The molecule has 0 spiro atoms. The number of phenols is 1. The van der Waals surface area contributed by atoms with Crippen molar-refractivity contribution in [1.82, 2.24) is 15.2 Å². The third kappa shape index (κ3) is 6.85. The average Bonchev–Trinajstić information content (AvgIpc) is 2.79. The summed E-state index contributed by atoms with van der Waals surface area (Å²) in [6, 6.07) is 18.8. The van der Waals surface area contributed by atoms with Gasteiger partial charge in [0.15, 0.2) is 0 Å². The highest BCUT2D eigenvalue weighted by Gasteiger charge is 2.25. The maximum Gasteiger partial charge on any atom is 0.408 e. The molecule has 0 saturated heterocycles. The molecule has 1 heterocycles. The van der Waals surface area contributed by atoms with Crippen molar-refractivity contribution in [3.8, 4) is 5.75 Å². The van der Waals surface area contributed by atoms with Gasteiger partial charge in [0.05, 0.1) is 0 Å². The maximum absolute atomic E-state index is 13.1. The predicted octanol–water partition coefficient (Wildman–Crippen LogP) is 3.28. The van der Waals surface area contributed by atoms with Gasteiger partial charge in [-0.05, 0) is 41.0 Å². The van der Waals surface area contributed by atoms with Gasteiger partial charge >= 0.3 is 6.09 Å². The lowest BCUT2D eigenvalue weighted by molar-refractivity contribution is -0.132. The number of ether oxygens (including phenoxy) is 1. The first-order chi connectivity index (χ1) is 15.0. The molecule has 0 aliphatic heterocycles. The number of amides is 2. The number of aromatic hydroxyl groups is 1. The lowest BCUT2D eigenvalue weighted by Gasteiger charge is -2.25. The topological polar surface area (TPSA) is 91.8 Å². The summed E-state index contributed by atoms with van der Waals surface area (Å²) in [7, 11) is 1.70. The molecule has 2 amide bonds. The van der Waals surface area contributed by atoms with Gasteiger partial charge in [-0.2, -0.15) is 0 Å². The van der Waals surface area contributed by atoms with Gasteiger partial charge < -0.3 is 20.1 Å². The molecule has 0 fully saturated rings. The Kier molecular flexibility index (Phi) is 7.59. The summed E-state index contributed by atoms with van der Waals surface area (Å²) in [5.74, 6) is -0.102. The standard InChI is InChI=1S/C24H25N3O4/c1-27(16-19-5-3-2-4-6-19)23(29)22(15-18-7-9-21(28)10-8-18)26-24(30)31-17-20-11-13-25-14-12-20/h2-14,22,28H,15-17H2,1H3,(H,26,30)/t22-/m0/s1. The first-order valence-corrected chi connectivity index (χ1v) is 9.90. The van der Waals surface area contributed by atoms with Gasteiger partial charge in [-0.3, -0.25) is 9.78 Å². The number of alkyl carbamates (subject to hydrolysis) is 1. The summed E-state index contributed by atoms with van der Waals surface area (Å²) in [6.07, 6.45) is 2.82. The number of nitrogens with zero attached hydrogens (tertiary/aromatic N) is 2. The molecule has 2 aromatic carbocycles. The molecular formula is C24H25N3O4. The third-order valence-corrected chi connectivity index (χ3v) is 4.72. The van der Waals surface area contributed by atoms with E-state index in [1.165, 1.54) is 0 Å². The molecular weight excluding hydrogens is 394 g/mol. The van der Waals surface area contributed by atoms with Crippen LogP contribution in [0.1, 0.15) is 16.7 Å². The molecule has 1 aromatic heterocycles. The lowest BCUT2D eigenvalue weighted by atomic mass is 10.0. The Balaban J connectivity index is 1.67. The zero-order valence-corrected chi connectivity index (χ0v) is 17.3. The first kappa shape index (κ1) is 21.8. The Morgan fingerprint density at radius 3 is 2.32 bits per heavy atom. The van der Waals surface area contributed by atoms with E-state index < -0.39 is 12.1 Å². The van der Waals surface area contributed by atoms with Gasteiger partial charge in [-0.1, -0.05) is 42.5 Å². The monoisotopic (exact) mass is 419 g/mol. The van der Waals surface area contributed by atoms with Crippen LogP contribution in [0.15, 0.2) is 79.1 Å². The maximum atomic E-state index is 13.1. The molecule has 7 nitrogen and oxygen atoms in total. The second-order valence-electron chi connectivity index (χ2n) is 7.18. The third-order valence-electron chi connectivity index (χ3n) is 4.72. The molecule has 31 heavy (non-hydrogen) atoms. The number of nitrogens with one attached hydrogen (secondary N) is 1. The fourth-order valence-corrected chi connectivity index (χ4v) is 3.08. The Bertz CT molecular complexity index is 979. The minimum Gasteiger partial charge on any atom is -0.508 e. The molecule has 0 radical (unpaired) electrons. The number of hydrogen-bond donors (Lipinski definition) is 2. The number of aromatic nitrogens is 1. The summed E-state index contributed by atoms with van der Waals surface area (Å²) in [4.78, 5) is 31.0. The fraction of sp³-hybridized carbons (Fsp3) is 0.208. The highest BCUT2D eigenvalue weighted by atomic mass is 16.5. The van der Waals surface area contributed by atoms with E-state index in [1.54, 1.807) is 60.7 Å². The van der Waals surface area contributed by atoms with Crippen molar-refractivity contribution in [2.75, 3.05) is 7.05 Å². The molecule has 2 N–H and O–H groups in total. The molecule has 7 heteroatoms. The van der Waals surface area contributed by atoms with E-state index in [2.05, 4.69) is 10.3 Å². The molecule has 3 rings (SSSR count). The van der Waals surface area contributed by atoms with Crippen molar-refractivity contribution >= 4 is 12.0 Å². The van der Waals surface area contributed by atoms with Crippen molar-refractivity contribution in [2.24, 2.45) is 0 Å². The molecule has 160 valence electrons. The fourth-order valence-electron chi connectivity index (χ4n) is 3.08. The summed E-state index contributed by atoms with van der Waals surface area (Å²) in [5.41, 5.74) is 2.59. The summed E-state index contributed by atoms with van der Waals surface area (Å²) in [5, 5.41) is 12.2. The van der Waals surface area contributed by atoms with Crippen LogP contribution in [0.2, 0.25) is 0 Å². The van der Waals surface area contributed by atoms with E-state index in [0.29, 0.717) is 6.54 Å². The van der Waals surface area contributed by atoms with Crippen LogP contribution in [0.4, 0.5) is 4.79 Å². The van der Waals surface area contributed by atoms with Gasteiger partial charge in [0.25, 0.3) is 0 Å². The van der Waals surface area contributed by atoms with Crippen LogP contribution >= 0.6 is 0 Å². The lowest BCUT2D eigenvalue weighted by Crippen LogP contribution is -2.48. The van der Waals surface area contributed by atoms with Crippen LogP contribution in [-0.2, 0) is 29.1 Å². The highest BCUT2D eigenvalue weighted by molar-refractivity contribution is 5.85. The number of carbonyl (C=O) groups excluding carboxylic acids is 2. The Morgan fingerprint density at radius 2 is 1.65 bits per heavy atom. The largest absolute Gasteiger partial charge is 0.508 e. The van der Waals surface area contributed by atoms with Crippen LogP contribution in [0.25, 0.3) is 0 Å². The molecule has 0 aliphatic rings. The summed E-state index contributed by atoms with van der Waals surface area (Å²) >= 11 is 0. The van der Waals surface area contributed by atoms with Crippen LogP contribution in [0.3, 0.4) is 0 Å². The zero-order valence-electron chi connectivity index (χ0n) is 17.3. The highest BCUT2D eigenvalue weighted by Crippen LogP contribution is 2.13. The second kappa shape index (κ2) is 10.8. The van der Waals surface area contributed by atoms with E-state index in [0.717, 1.165) is 16.7 Å². The van der Waals surface area contributed by atoms with Gasteiger partial charge in [-0.25, -0.2) is 4.79 Å². The molecule has 0 unspecified atom stereocenters. The number of phenolic OH excluding ortho intramolecular Hbond substituents is 1. The Morgan fingerprint density at radius 1 is 0.968 bits per heavy atom. The summed E-state index contributed by atoms with van der Waals surface area (Å²) < 4.78 is 5.28. The SMILES string of the molecule is CN(Cc1ccccc1)C(=O)[C@H](Cc1ccc(O)cc1)NC(=O)OCc1ccncc1. The van der Waals surface area contributed by atoms with Crippen molar-refractivity contribution in [3.05, 3.63) is 95.8 Å². The number of carbonyl (C=O) groups is 2. The Labute approximate surface area is 181 Å². The average molecular weight is 419 g/mol. The normalized spacial score (nSPS) is 11.4. The number of rotatable bonds is 8.